The average molecular weight is 219 g/mol. The lowest BCUT2D eigenvalue weighted by molar-refractivity contribution is 0.148. The highest BCUT2D eigenvalue weighted by molar-refractivity contribution is 7.10. The van der Waals surface area contributed by atoms with Crippen LogP contribution in [0.1, 0.15) is 37.6 Å². The zero-order valence-electron chi connectivity index (χ0n) is 8.55. The summed E-state index contributed by atoms with van der Waals surface area (Å²) in [5, 5.41) is 1.67. The second kappa shape index (κ2) is 3.95. The average Bonchev–Trinajstić information content (AvgIpc) is 2.51. The highest BCUT2D eigenvalue weighted by Crippen LogP contribution is 2.37. The van der Waals surface area contributed by atoms with Gasteiger partial charge in [0.15, 0.2) is 0 Å². The number of halogens is 2. The van der Waals surface area contributed by atoms with Gasteiger partial charge in [0.25, 0.3) is 6.43 Å². The van der Waals surface area contributed by atoms with Crippen LogP contribution in [0.15, 0.2) is 11.4 Å². The molecule has 1 rings (SSSR count). The van der Waals surface area contributed by atoms with Crippen molar-refractivity contribution in [2.75, 3.05) is 0 Å². The Morgan fingerprint density at radius 3 is 2.43 bits per heavy atom. The van der Waals surface area contributed by atoms with Crippen LogP contribution >= 0.6 is 11.3 Å². The monoisotopic (exact) mass is 219 g/mol. The summed E-state index contributed by atoms with van der Waals surface area (Å²) < 4.78 is 25.2. The van der Waals surface area contributed by atoms with Crippen LogP contribution in [-0.4, -0.2) is 0 Å². The molecule has 0 saturated carbocycles. The van der Waals surface area contributed by atoms with E-state index in [9.17, 15) is 8.78 Å². The fraction of sp³-hybridized carbons (Fsp3) is 0.600. The minimum absolute atomic E-state index is 0.0775. The van der Waals surface area contributed by atoms with E-state index < -0.39 is 12.0 Å². The maximum atomic E-state index is 12.6. The van der Waals surface area contributed by atoms with E-state index in [0.29, 0.717) is 4.88 Å². The molecule has 1 heterocycles. The van der Waals surface area contributed by atoms with Gasteiger partial charge in [-0.3, -0.25) is 0 Å². The molecule has 0 saturated heterocycles. The van der Waals surface area contributed by atoms with E-state index in [1.54, 1.807) is 12.3 Å². The molecule has 4 heteroatoms. The number of thiophene rings is 1. The van der Waals surface area contributed by atoms with Gasteiger partial charge in [0.1, 0.15) is 0 Å². The summed E-state index contributed by atoms with van der Waals surface area (Å²) in [7, 11) is 0. The van der Waals surface area contributed by atoms with Gasteiger partial charge in [0.2, 0.25) is 0 Å². The Kier molecular flexibility index (Phi) is 3.27. The van der Waals surface area contributed by atoms with E-state index in [1.165, 1.54) is 17.4 Å². The van der Waals surface area contributed by atoms with Gasteiger partial charge in [-0.2, -0.15) is 0 Å². The van der Waals surface area contributed by atoms with Crippen molar-refractivity contribution in [2.45, 2.75) is 32.7 Å². The first-order chi connectivity index (χ1) is 6.37. The van der Waals surface area contributed by atoms with Crippen molar-refractivity contribution >= 4 is 11.3 Å². The molecule has 1 nitrogen and oxygen atoms in total. The lowest BCUT2D eigenvalue weighted by Gasteiger charge is -2.29. The molecule has 1 aromatic heterocycles. The van der Waals surface area contributed by atoms with Gasteiger partial charge >= 0.3 is 0 Å². The predicted molar refractivity (Wildman–Crippen MR) is 55.7 cm³/mol. The third-order valence-corrected chi connectivity index (χ3v) is 3.80. The van der Waals surface area contributed by atoms with Crippen LogP contribution in [0.2, 0.25) is 0 Å². The quantitative estimate of drug-likeness (QED) is 0.827. The summed E-state index contributed by atoms with van der Waals surface area (Å²) in [6, 6.07) is 1.46. The minimum atomic E-state index is -2.43. The third-order valence-electron chi connectivity index (χ3n) is 2.62. The number of hydrogen-bond acceptors (Lipinski definition) is 2. The van der Waals surface area contributed by atoms with Crippen molar-refractivity contribution in [3.05, 3.63) is 21.9 Å². The summed E-state index contributed by atoms with van der Waals surface area (Å²) in [6.45, 7) is 5.68. The molecule has 1 aromatic rings. The number of rotatable bonds is 3. The van der Waals surface area contributed by atoms with Crippen LogP contribution < -0.4 is 5.73 Å². The molecule has 80 valence electrons. The van der Waals surface area contributed by atoms with Crippen molar-refractivity contribution in [2.24, 2.45) is 11.7 Å². The molecular weight excluding hydrogens is 204 g/mol. The van der Waals surface area contributed by atoms with Crippen LogP contribution in [0.4, 0.5) is 8.78 Å². The number of nitrogens with two attached hydrogens (primary N) is 1. The first-order valence-electron chi connectivity index (χ1n) is 4.52. The fourth-order valence-electron chi connectivity index (χ4n) is 1.19. The Bertz CT molecular complexity index is 305. The molecule has 0 fully saturated rings. The SMILES string of the molecule is CC(C)C(C)(N)c1sccc1C(F)F. The van der Waals surface area contributed by atoms with E-state index >= 15 is 0 Å². The first kappa shape index (κ1) is 11.6. The van der Waals surface area contributed by atoms with Gasteiger partial charge in [-0.25, -0.2) is 8.78 Å². The molecule has 0 radical (unpaired) electrons. The second-order valence-corrected chi connectivity index (χ2v) is 4.86. The molecule has 0 aromatic carbocycles. The lowest BCUT2D eigenvalue weighted by atomic mass is 9.86. The summed E-state index contributed by atoms with van der Waals surface area (Å²) in [5.74, 6) is 0.138. The van der Waals surface area contributed by atoms with Gasteiger partial charge < -0.3 is 5.73 Å². The molecule has 0 bridgehead atoms. The largest absolute Gasteiger partial charge is 0.321 e. The summed E-state index contributed by atoms with van der Waals surface area (Å²) in [5.41, 5.74) is 5.45. The third kappa shape index (κ3) is 1.96. The summed E-state index contributed by atoms with van der Waals surface area (Å²) >= 11 is 1.31. The molecular formula is C10H15F2NS. The van der Waals surface area contributed by atoms with Crippen LogP contribution in [0.25, 0.3) is 0 Å². The van der Waals surface area contributed by atoms with E-state index in [-0.39, 0.29) is 11.5 Å². The topological polar surface area (TPSA) is 26.0 Å². The molecule has 1 unspecified atom stereocenters. The van der Waals surface area contributed by atoms with Gasteiger partial charge in [-0.05, 0) is 24.3 Å². The zero-order valence-corrected chi connectivity index (χ0v) is 9.37. The number of hydrogen-bond donors (Lipinski definition) is 1. The molecule has 0 aliphatic carbocycles. The van der Waals surface area contributed by atoms with Crippen molar-refractivity contribution < 1.29 is 8.78 Å². The Morgan fingerprint density at radius 2 is 2.00 bits per heavy atom. The van der Waals surface area contributed by atoms with Crippen molar-refractivity contribution in [1.82, 2.24) is 0 Å². The smallest absolute Gasteiger partial charge is 0.264 e. The van der Waals surface area contributed by atoms with E-state index in [1.807, 2.05) is 13.8 Å². The molecule has 2 N–H and O–H groups in total. The maximum absolute atomic E-state index is 12.6. The second-order valence-electron chi connectivity index (χ2n) is 3.94. The van der Waals surface area contributed by atoms with Crippen LogP contribution in [-0.2, 0) is 5.54 Å². The molecule has 0 amide bonds. The Balaban J connectivity index is 3.12. The minimum Gasteiger partial charge on any atom is -0.321 e. The summed E-state index contributed by atoms with van der Waals surface area (Å²) in [6.07, 6.45) is -2.43. The van der Waals surface area contributed by atoms with E-state index in [2.05, 4.69) is 0 Å². The van der Waals surface area contributed by atoms with Crippen molar-refractivity contribution in [3.63, 3.8) is 0 Å². The van der Waals surface area contributed by atoms with Gasteiger partial charge in [-0.15, -0.1) is 11.3 Å². The van der Waals surface area contributed by atoms with Crippen LogP contribution in [0.5, 0.6) is 0 Å². The van der Waals surface area contributed by atoms with Gasteiger partial charge in [0.05, 0.1) is 5.54 Å². The Hall–Kier alpha value is -0.480. The lowest BCUT2D eigenvalue weighted by Crippen LogP contribution is -2.38. The van der Waals surface area contributed by atoms with Crippen LogP contribution in [0, 0.1) is 5.92 Å². The van der Waals surface area contributed by atoms with Crippen molar-refractivity contribution in [1.29, 1.82) is 0 Å². The highest BCUT2D eigenvalue weighted by atomic mass is 32.1. The molecule has 0 spiro atoms. The molecule has 14 heavy (non-hydrogen) atoms. The van der Waals surface area contributed by atoms with Crippen molar-refractivity contribution in [3.8, 4) is 0 Å². The van der Waals surface area contributed by atoms with E-state index in [0.717, 1.165) is 0 Å². The van der Waals surface area contributed by atoms with E-state index in [4.69, 9.17) is 5.73 Å². The number of alkyl halides is 2. The normalized spacial score (nSPS) is 16.3. The van der Waals surface area contributed by atoms with Crippen LogP contribution in [0.3, 0.4) is 0 Å². The standard InChI is InChI=1S/C10H15F2NS/c1-6(2)10(3,13)8-7(9(11)12)4-5-14-8/h4-6,9H,13H2,1-3H3. The van der Waals surface area contributed by atoms with Gasteiger partial charge in [0, 0.05) is 10.4 Å². The first-order valence-corrected chi connectivity index (χ1v) is 5.40. The maximum Gasteiger partial charge on any atom is 0.264 e. The zero-order chi connectivity index (χ0) is 10.9. The Morgan fingerprint density at radius 1 is 1.43 bits per heavy atom. The van der Waals surface area contributed by atoms with Gasteiger partial charge in [-0.1, -0.05) is 13.8 Å². The molecule has 0 aliphatic heterocycles. The summed E-state index contributed by atoms with van der Waals surface area (Å²) in [4.78, 5) is 0.600. The fourth-order valence-corrected chi connectivity index (χ4v) is 2.32. The molecule has 1 atom stereocenters. The Labute approximate surface area is 86.9 Å². The predicted octanol–water partition coefficient (Wildman–Crippen LogP) is 3.52. The molecule has 0 aliphatic rings. The highest BCUT2D eigenvalue weighted by Gasteiger charge is 2.31.